The van der Waals surface area contributed by atoms with Crippen molar-refractivity contribution in [3.05, 3.63) is 0 Å². The maximum atomic E-state index is 11.4. The summed E-state index contributed by atoms with van der Waals surface area (Å²) in [5.41, 5.74) is 5.54. The van der Waals surface area contributed by atoms with E-state index in [0.717, 1.165) is 13.0 Å². The Labute approximate surface area is 92.0 Å². The van der Waals surface area contributed by atoms with Crippen molar-refractivity contribution in [3.8, 4) is 12.3 Å². The van der Waals surface area contributed by atoms with Crippen molar-refractivity contribution in [3.63, 3.8) is 0 Å². The van der Waals surface area contributed by atoms with E-state index in [-0.39, 0.29) is 11.9 Å². The number of terminal acetylenes is 1. The van der Waals surface area contributed by atoms with Gasteiger partial charge in [0.2, 0.25) is 5.91 Å². The fraction of sp³-hybridized carbons (Fsp3) is 0.727. The maximum absolute atomic E-state index is 11.4. The SMILES string of the molecule is C#CCCNC(CN)CC(=O)NCCC. The van der Waals surface area contributed by atoms with Crippen LogP contribution in [0, 0.1) is 12.3 Å². The van der Waals surface area contributed by atoms with Gasteiger partial charge in [-0.3, -0.25) is 4.79 Å². The minimum absolute atomic E-state index is 0.0233. The quantitative estimate of drug-likeness (QED) is 0.386. The predicted octanol–water partition coefficient (Wildman–Crippen LogP) is -0.157. The van der Waals surface area contributed by atoms with Crippen molar-refractivity contribution in [2.45, 2.75) is 32.2 Å². The second-order valence-electron chi connectivity index (χ2n) is 3.39. The van der Waals surface area contributed by atoms with Gasteiger partial charge in [0, 0.05) is 38.5 Å². The highest BCUT2D eigenvalue weighted by molar-refractivity contribution is 5.76. The third-order valence-corrected chi connectivity index (χ3v) is 1.99. The Bertz CT molecular complexity index is 210. The first kappa shape index (κ1) is 13.9. The van der Waals surface area contributed by atoms with E-state index in [4.69, 9.17) is 12.2 Å². The normalized spacial score (nSPS) is 11.8. The van der Waals surface area contributed by atoms with Gasteiger partial charge in [-0.25, -0.2) is 0 Å². The third kappa shape index (κ3) is 7.98. The first-order valence-corrected chi connectivity index (χ1v) is 5.38. The van der Waals surface area contributed by atoms with Crippen LogP contribution < -0.4 is 16.4 Å². The van der Waals surface area contributed by atoms with Crippen LogP contribution in [0.2, 0.25) is 0 Å². The van der Waals surface area contributed by atoms with E-state index >= 15 is 0 Å². The summed E-state index contributed by atoms with van der Waals surface area (Å²) in [5, 5.41) is 5.96. The molecule has 15 heavy (non-hydrogen) atoms. The first-order chi connectivity index (χ1) is 7.24. The van der Waals surface area contributed by atoms with Crippen LogP contribution in [0.1, 0.15) is 26.2 Å². The molecule has 0 aliphatic rings. The zero-order valence-corrected chi connectivity index (χ0v) is 9.38. The average molecular weight is 211 g/mol. The van der Waals surface area contributed by atoms with Crippen molar-refractivity contribution < 1.29 is 4.79 Å². The zero-order valence-electron chi connectivity index (χ0n) is 9.38. The smallest absolute Gasteiger partial charge is 0.221 e. The van der Waals surface area contributed by atoms with E-state index in [2.05, 4.69) is 16.6 Å². The number of amides is 1. The number of nitrogens with one attached hydrogen (secondary N) is 2. The lowest BCUT2D eigenvalue weighted by atomic mass is 10.2. The van der Waals surface area contributed by atoms with Crippen LogP contribution in [0.4, 0.5) is 0 Å². The van der Waals surface area contributed by atoms with Gasteiger partial charge in [-0.15, -0.1) is 12.3 Å². The third-order valence-electron chi connectivity index (χ3n) is 1.99. The topological polar surface area (TPSA) is 67.1 Å². The van der Waals surface area contributed by atoms with E-state index in [0.29, 0.717) is 25.9 Å². The Hall–Kier alpha value is -1.05. The van der Waals surface area contributed by atoms with Gasteiger partial charge in [0.25, 0.3) is 0 Å². The van der Waals surface area contributed by atoms with Crippen molar-refractivity contribution in [1.29, 1.82) is 0 Å². The Kier molecular flexibility index (Phi) is 8.84. The number of hydrogen-bond donors (Lipinski definition) is 3. The molecule has 0 aromatic heterocycles. The van der Waals surface area contributed by atoms with E-state index in [1.807, 2.05) is 6.92 Å². The highest BCUT2D eigenvalue weighted by atomic mass is 16.1. The Morgan fingerprint density at radius 2 is 2.27 bits per heavy atom. The molecule has 0 bridgehead atoms. The van der Waals surface area contributed by atoms with Crippen molar-refractivity contribution in [2.75, 3.05) is 19.6 Å². The summed E-state index contributed by atoms with van der Waals surface area (Å²) >= 11 is 0. The van der Waals surface area contributed by atoms with Crippen LogP contribution >= 0.6 is 0 Å². The summed E-state index contributed by atoms with van der Waals surface area (Å²) < 4.78 is 0. The van der Waals surface area contributed by atoms with E-state index in [1.165, 1.54) is 0 Å². The first-order valence-electron chi connectivity index (χ1n) is 5.38. The lowest BCUT2D eigenvalue weighted by molar-refractivity contribution is -0.121. The molecule has 1 atom stereocenters. The monoisotopic (exact) mass is 211 g/mol. The second kappa shape index (κ2) is 9.50. The summed E-state index contributed by atoms with van der Waals surface area (Å²) in [7, 11) is 0. The average Bonchev–Trinajstić information content (AvgIpc) is 2.25. The second-order valence-corrected chi connectivity index (χ2v) is 3.39. The molecule has 0 rings (SSSR count). The lowest BCUT2D eigenvalue weighted by Crippen LogP contribution is -2.41. The van der Waals surface area contributed by atoms with Crippen LogP contribution in [0.3, 0.4) is 0 Å². The molecule has 1 unspecified atom stereocenters. The summed E-state index contributed by atoms with van der Waals surface area (Å²) in [6.07, 6.45) is 7.15. The maximum Gasteiger partial charge on any atom is 0.221 e. The van der Waals surface area contributed by atoms with Gasteiger partial charge in [0.05, 0.1) is 0 Å². The highest BCUT2D eigenvalue weighted by Gasteiger charge is 2.10. The summed E-state index contributed by atoms with van der Waals surface area (Å²) in [6.45, 7) is 3.90. The summed E-state index contributed by atoms with van der Waals surface area (Å²) in [5.74, 6) is 2.57. The summed E-state index contributed by atoms with van der Waals surface area (Å²) in [4.78, 5) is 11.4. The molecule has 0 radical (unpaired) electrons. The van der Waals surface area contributed by atoms with Gasteiger partial charge >= 0.3 is 0 Å². The minimum Gasteiger partial charge on any atom is -0.356 e. The molecule has 0 fully saturated rings. The Balaban J connectivity index is 3.68. The standard InChI is InChI=1S/C11H21N3O/c1-3-5-7-13-10(9-12)8-11(15)14-6-4-2/h1,10,13H,4-9,12H2,2H3,(H,14,15). The van der Waals surface area contributed by atoms with Crippen LogP contribution in [0.25, 0.3) is 0 Å². The van der Waals surface area contributed by atoms with Gasteiger partial charge < -0.3 is 16.4 Å². The van der Waals surface area contributed by atoms with Crippen molar-refractivity contribution in [2.24, 2.45) is 5.73 Å². The molecule has 4 N–H and O–H groups in total. The van der Waals surface area contributed by atoms with E-state index in [9.17, 15) is 4.79 Å². The molecule has 0 aromatic rings. The molecule has 0 aliphatic heterocycles. The minimum atomic E-state index is 0.0233. The van der Waals surface area contributed by atoms with Gasteiger partial charge in [0.15, 0.2) is 0 Å². The molecule has 0 aromatic carbocycles. The van der Waals surface area contributed by atoms with Crippen molar-refractivity contribution in [1.82, 2.24) is 10.6 Å². The molecular formula is C11H21N3O. The molecule has 86 valence electrons. The van der Waals surface area contributed by atoms with Gasteiger partial charge in [-0.05, 0) is 6.42 Å². The number of carbonyl (C=O) groups is 1. The number of rotatable bonds is 8. The zero-order chi connectivity index (χ0) is 11.5. The van der Waals surface area contributed by atoms with Gasteiger partial charge in [-0.1, -0.05) is 6.92 Å². The van der Waals surface area contributed by atoms with Crippen LogP contribution in [0.5, 0.6) is 0 Å². The molecule has 0 heterocycles. The predicted molar refractivity (Wildman–Crippen MR) is 62.2 cm³/mol. The molecule has 1 amide bonds. The molecule has 4 heteroatoms. The molecule has 0 saturated carbocycles. The molecule has 0 aliphatic carbocycles. The molecule has 0 saturated heterocycles. The number of hydrogen-bond acceptors (Lipinski definition) is 3. The van der Waals surface area contributed by atoms with Gasteiger partial charge in [-0.2, -0.15) is 0 Å². The Morgan fingerprint density at radius 1 is 1.53 bits per heavy atom. The summed E-state index contributed by atoms with van der Waals surface area (Å²) in [6, 6.07) is 0.0233. The van der Waals surface area contributed by atoms with Crippen LogP contribution in [-0.4, -0.2) is 31.6 Å². The molecule has 4 nitrogen and oxygen atoms in total. The fourth-order valence-electron chi connectivity index (χ4n) is 1.15. The van der Waals surface area contributed by atoms with Crippen molar-refractivity contribution >= 4 is 5.91 Å². The van der Waals surface area contributed by atoms with Crippen LogP contribution in [-0.2, 0) is 4.79 Å². The van der Waals surface area contributed by atoms with E-state index < -0.39 is 0 Å². The number of nitrogens with two attached hydrogens (primary N) is 1. The van der Waals surface area contributed by atoms with Gasteiger partial charge in [0.1, 0.15) is 0 Å². The molecule has 0 spiro atoms. The lowest BCUT2D eigenvalue weighted by Gasteiger charge is -2.15. The largest absolute Gasteiger partial charge is 0.356 e. The van der Waals surface area contributed by atoms with Crippen LogP contribution in [0.15, 0.2) is 0 Å². The van der Waals surface area contributed by atoms with E-state index in [1.54, 1.807) is 0 Å². The molecular weight excluding hydrogens is 190 g/mol. The number of carbonyl (C=O) groups excluding carboxylic acids is 1. The Morgan fingerprint density at radius 3 is 2.80 bits per heavy atom. The fourth-order valence-corrected chi connectivity index (χ4v) is 1.15. The highest BCUT2D eigenvalue weighted by Crippen LogP contribution is 1.90.